The van der Waals surface area contributed by atoms with E-state index >= 15 is 0 Å². The van der Waals surface area contributed by atoms with E-state index in [9.17, 15) is 19.5 Å². The zero-order valence-electron chi connectivity index (χ0n) is 17.4. The molecule has 3 aromatic carbocycles. The van der Waals surface area contributed by atoms with E-state index < -0.39 is 17.6 Å². The Balaban J connectivity index is 1.64. The Morgan fingerprint density at radius 3 is 2.22 bits per heavy atom. The number of hydrogen-bond donors (Lipinski definition) is 1. The average Bonchev–Trinajstić information content (AvgIpc) is 3.14. The van der Waals surface area contributed by atoms with E-state index in [1.165, 1.54) is 4.57 Å². The van der Waals surface area contributed by atoms with Crippen LogP contribution in [0, 0.1) is 0 Å². The molecule has 4 aromatic rings. The molecule has 0 amide bonds. The lowest BCUT2D eigenvalue weighted by atomic mass is 9.99. The summed E-state index contributed by atoms with van der Waals surface area (Å²) >= 11 is 0. The first-order valence-corrected chi connectivity index (χ1v) is 10.2. The molecule has 0 aliphatic carbocycles. The Bertz CT molecular complexity index is 1340. The van der Waals surface area contributed by atoms with Gasteiger partial charge in [-0.05, 0) is 34.9 Å². The van der Waals surface area contributed by atoms with Gasteiger partial charge in [0.15, 0.2) is 0 Å². The van der Waals surface area contributed by atoms with Crippen LogP contribution in [0.4, 0.5) is 0 Å². The van der Waals surface area contributed by atoms with Crippen LogP contribution in [-0.2, 0) is 13.0 Å². The first-order valence-electron chi connectivity index (χ1n) is 10.2. The second-order valence-corrected chi connectivity index (χ2v) is 7.27. The van der Waals surface area contributed by atoms with Crippen LogP contribution in [0.25, 0.3) is 11.1 Å². The molecule has 7 nitrogen and oxygen atoms in total. The number of aromatic carboxylic acids is 1. The van der Waals surface area contributed by atoms with Crippen molar-refractivity contribution < 1.29 is 14.7 Å². The maximum atomic E-state index is 13.0. The van der Waals surface area contributed by atoms with E-state index in [-0.39, 0.29) is 12.1 Å². The summed E-state index contributed by atoms with van der Waals surface area (Å²) in [7, 11) is 0. The number of rotatable bonds is 6. The Morgan fingerprint density at radius 1 is 0.906 bits per heavy atom. The molecule has 0 spiro atoms. The van der Waals surface area contributed by atoms with Crippen LogP contribution < -0.4 is 5.69 Å². The van der Waals surface area contributed by atoms with Gasteiger partial charge in [-0.25, -0.2) is 9.59 Å². The molecule has 0 bridgehead atoms. The number of carbonyl (C=O) groups excluding carboxylic acids is 1. The lowest BCUT2D eigenvalue weighted by Gasteiger charge is -2.08. The highest BCUT2D eigenvalue weighted by Crippen LogP contribution is 2.24. The van der Waals surface area contributed by atoms with Gasteiger partial charge in [-0.3, -0.25) is 9.36 Å². The predicted octanol–water partition coefficient (Wildman–Crippen LogP) is 3.71. The van der Waals surface area contributed by atoms with Gasteiger partial charge in [0.25, 0.3) is 5.91 Å². The molecule has 32 heavy (non-hydrogen) atoms. The maximum Gasteiger partial charge on any atom is 0.353 e. The van der Waals surface area contributed by atoms with Crippen molar-refractivity contribution in [3.63, 3.8) is 0 Å². The molecule has 1 aromatic heterocycles. The summed E-state index contributed by atoms with van der Waals surface area (Å²) in [4.78, 5) is 37.2. The first-order chi connectivity index (χ1) is 15.5. The third-order valence-corrected chi connectivity index (χ3v) is 5.23. The molecule has 1 N–H and O–H groups in total. The molecule has 0 saturated carbocycles. The second-order valence-electron chi connectivity index (χ2n) is 7.27. The van der Waals surface area contributed by atoms with Crippen LogP contribution in [0.3, 0.4) is 0 Å². The normalized spacial score (nSPS) is 10.8. The molecule has 0 unspecified atom stereocenters. The second kappa shape index (κ2) is 8.85. The summed E-state index contributed by atoms with van der Waals surface area (Å²) in [5, 5.41) is 13.7. The summed E-state index contributed by atoms with van der Waals surface area (Å²) in [5.41, 5.74) is 2.36. The molecule has 4 rings (SSSR count). The summed E-state index contributed by atoms with van der Waals surface area (Å²) in [5.74, 6) is -0.941. The minimum absolute atomic E-state index is 0.227. The van der Waals surface area contributed by atoms with Gasteiger partial charge in [0.1, 0.15) is 5.82 Å². The van der Waals surface area contributed by atoms with E-state index in [0.29, 0.717) is 23.4 Å². The number of aryl methyl sites for hydroxylation is 1. The van der Waals surface area contributed by atoms with Gasteiger partial charge in [-0.15, -0.1) is 9.78 Å². The van der Waals surface area contributed by atoms with Crippen LogP contribution in [0.2, 0.25) is 0 Å². The monoisotopic (exact) mass is 427 g/mol. The number of hydrogen-bond acceptors (Lipinski definition) is 4. The first kappa shape index (κ1) is 21.0. The molecular weight excluding hydrogens is 406 g/mol. The van der Waals surface area contributed by atoms with Gasteiger partial charge in [-0.1, -0.05) is 67.6 Å². The van der Waals surface area contributed by atoms with Gasteiger partial charge in [0.2, 0.25) is 0 Å². The van der Waals surface area contributed by atoms with Gasteiger partial charge < -0.3 is 5.11 Å². The summed E-state index contributed by atoms with van der Waals surface area (Å²) in [6.45, 7) is 2.13. The molecule has 1 heterocycles. The SMILES string of the molecule is CCc1nn(C(=O)c2ccccc2)c(=O)n1Cc1ccc(-c2ccccc2C(=O)O)cc1. The van der Waals surface area contributed by atoms with E-state index in [4.69, 9.17) is 0 Å². The molecule has 7 heteroatoms. The average molecular weight is 427 g/mol. The van der Waals surface area contributed by atoms with Gasteiger partial charge in [0, 0.05) is 12.0 Å². The van der Waals surface area contributed by atoms with Gasteiger partial charge in [0.05, 0.1) is 12.1 Å². The predicted molar refractivity (Wildman–Crippen MR) is 120 cm³/mol. The standard InChI is InChI=1S/C25H21N3O4/c1-2-22-26-28(23(29)19-8-4-3-5-9-19)25(32)27(22)16-17-12-14-18(15-13-17)20-10-6-7-11-21(20)24(30)31/h3-15H,2,16H2,1H3,(H,30,31). The molecule has 0 atom stereocenters. The summed E-state index contributed by atoms with van der Waals surface area (Å²) < 4.78 is 2.40. The van der Waals surface area contributed by atoms with Gasteiger partial charge in [-0.2, -0.15) is 0 Å². The summed E-state index contributed by atoms with van der Waals surface area (Å²) in [6.07, 6.45) is 0.494. The molecule has 0 aliphatic heterocycles. The minimum atomic E-state index is -0.987. The molecule has 0 radical (unpaired) electrons. The Kier molecular flexibility index (Phi) is 5.81. The zero-order valence-corrected chi connectivity index (χ0v) is 17.4. The number of carboxylic acid groups (broad SMARTS) is 1. The maximum absolute atomic E-state index is 13.0. The third kappa shape index (κ3) is 4.00. The van der Waals surface area contributed by atoms with E-state index in [1.54, 1.807) is 54.6 Å². The highest BCUT2D eigenvalue weighted by molar-refractivity contribution is 5.96. The van der Waals surface area contributed by atoms with E-state index in [0.717, 1.165) is 15.8 Å². The van der Waals surface area contributed by atoms with Gasteiger partial charge >= 0.3 is 11.7 Å². The molecule has 0 aliphatic rings. The van der Waals surface area contributed by atoms with Crippen LogP contribution >= 0.6 is 0 Å². The fraction of sp³-hybridized carbons (Fsp3) is 0.120. The Labute approximate surface area is 184 Å². The molecule has 160 valence electrons. The van der Waals surface area contributed by atoms with Crippen molar-refractivity contribution in [3.8, 4) is 11.1 Å². The largest absolute Gasteiger partial charge is 0.478 e. The van der Waals surface area contributed by atoms with Crippen molar-refractivity contribution in [3.05, 3.63) is 112 Å². The minimum Gasteiger partial charge on any atom is -0.478 e. The third-order valence-electron chi connectivity index (χ3n) is 5.23. The van der Waals surface area contributed by atoms with Crippen molar-refractivity contribution in [1.29, 1.82) is 0 Å². The van der Waals surface area contributed by atoms with Crippen molar-refractivity contribution >= 4 is 11.9 Å². The topological polar surface area (TPSA) is 94.2 Å². The number of aromatic nitrogens is 3. The zero-order chi connectivity index (χ0) is 22.7. The lowest BCUT2D eigenvalue weighted by molar-refractivity contribution is 0.0697. The number of benzene rings is 3. The van der Waals surface area contributed by atoms with E-state index in [2.05, 4.69) is 5.10 Å². The van der Waals surface area contributed by atoms with Crippen LogP contribution in [0.5, 0.6) is 0 Å². The number of carbonyl (C=O) groups is 2. The number of carboxylic acids is 1. The Morgan fingerprint density at radius 2 is 1.56 bits per heavy atom. The van der Waals surface area contributed by atoms with Crippen LogP contribution in [-0.4, -0.2) is 31.3 Å². The van der Waals surface area contributed by atoms with Crippen molar-refractivity contribution in [2.24, 2.45) is 0 Å². The fourth-order valence-corrected chi connectivity index (χ4v) is 3.59. The highest BCUT2D eigenvalue weighted by Gasteiger charge is 2.19. The molecule has 0 fully saturated rings. The van der Waals surface area contributed by atoms with Crippen molar-refractivity contribution in [1.82, 2.24) is 14.3 Å². The van der Waals surface area contributed by atoms with Crippen molar-refractivity contribution in [2.45, 2.75) is 19.9 Å². The quantitative estimate of drug-likeness (QED) is 0.506. The smallest absolute Gasteiger partial charge is 0.353 e. The number of nitrogens with zero attached hydrogens (tertiary/aromatic N) is 3. The Hall–Kier alpha value is -4.26. The van der Waals surface area contributed by atoms with Crippen LogP contribution in [0.1, 0.15) is 39.0 Å². The summed E-state index contributed by atoms with van der Waals surface area (Å²) in [6, 6.07) is 22.7. The molecule has 0 saturated heterocycles. The van der Waals surface area contributed by atoms with E-state index in [1.807, 2.05) is 31.2 Å². The van der Waals surface area contributed by atoms with Crippen molar-refractivity contribution in [2.75, 3.05) is 0 Å². The molecular formula is C25H21N3O4. The lowest BCUT2D eigenvalue weighted by Crippen LogP contribution is -2.30. The fourth-order valence-electron chi connectivity index (χ4n) is 3.59. The highest BCUT2D eigenvalue weighted by atomic mass is 16.4. The van der Waals surface area contributed by atoms with Crippen LogP contribution in [0.15, 0.2) is 83.7 Å².